The van der Waals surface area contributed by atoms with Crippen molar-refractivity contribution in [2.75, 3.05) is 17.2 Å². The van der Waals surface area contributed by atoms with E-state index in [1.165, 1.54) is 32.1 Å². The maximum absolute atomic E-state index is 5.99. The second kappa shape index (κ2) is 8.61. The molecule has 0 fully saturated rings. The minimum atomic E-state index is 0.155. The van der Waals surface area contributed by atoms with Crippen LogP contribution in [-0.2, 0) is 0 Å². The van der Waals surface area contributed by atoms with Crippen LogP contribution >= 0.6 is 0 Å². The van der Waals surface area contributed by atoms with E-state index in [2.05, 4.69) is 23.8 Å². The minimum absolute atomic E-state index is 0.155. The van der Waals surface area contributed by atoms with Crippen molar-refractivity contribution in [2.45, 2.75) is 71.1 Å². The topological polar surface area (TPSA) is 104 Å². The summed E-state index contributed by atoms with van der Waals surface area (Å²) < 4.78 is 0. The lowest BCUT2D eigenvalue weighted by Crippen LogP contribution is -2.12. The van der Waals surface area contributed by atoms with Crippen LogP contribution in [0.2, 0.25) is 0 Å². The second-order valence-corrected chi connectivity index (χ2v) is 5.45. The molecule has 1 unspecified atom stereocenters. The molecule has 1 atom stereocenters. The van der Waals surface area contributed by atoms with Gasteiger partial charge < -0.3 is 17.2 Å². The average molecular weight is 279 g/mol. The van der Waals surface area contributed by atoms with Crippen LogP contribution in [0.1, 0.15) is 76.7 Å². The molecule has 0 aromatic carbocycles. The molecule has 1 aromatic heterocycles. The van der Waals surface area contributed by atoms with E-state index >= 15 is 0 Å². The number of rotatable bonds is 9. The highest BCUT2D eigenvalue weighted by Gasteiger charge is 2.19. The van der Waals surface area contributed by atoms with Crippen molar-refractivity contribution < 1.29 is 0 Å². The predicted molar refractivity (Wildman–Crippen MR) is 86.3 cm³/mol. The van der Waals surface area contributed by atoms with Crippen molar-refractivity contribution in [2.24, 2.45) is 0 Å². The van der Waals surface area contributed by atoms with Crippen LogP contribution in [0, 0.1) is 0 Å². The summed E-state index contributed by atoms with van der Waals surface area (Å²) >= 11 is 0. The van der Waals surface area contributed by atoms with Gasteiger partial charge in [0.15, 0.2) is 0 Å². The number of hydrogen-bond donors (Lipinski definition) is 3. The van der Waals surface area contributed by atoms with E-state index < -0.39 is 0 Å². The van der Waals surface area contributed by atoms with Crippen molar-refractivity contribution in [3.63, 3.8) is 0 Å². The minimum Gasteiger partial charge on any atom is -0.383 e. The number of nitrogens with zero attached hydrogens (tertiary/aromatic N) is 2. The molecule has 0 saturated heterocycles. The van der Waals surface area contributed by atoms with Crippen LogP contribution in [0.25, 0.3) is 0 Å². The molecule has 0 spiro atoms. The van der Waals surface area contributed by atoms with Gasteiger partial charge in [0.05, 0.1) is 0 Å². The zero-order valence-electron chi connectivity index (χ0n) is 12.9. The Morgan fingerprint density at radius 2 is 1.40 bits per heavy atom. The summed E-state index contributed by atoms with van der Waals surface area (Å²) in [5, 5.41) is 0. The lowest BCUT2D eigenvalue weighted by molar-refractivity contribution is 0.516. The Morgan fingerprint density at radius 3 is 1.95 bits per heavy atom. The van der Waals surface area contributed by atoms with E-state index in [-0.39, 0.29) is 5.95 Å². The van der Waals surface area contributed by atoms with Gasteiger partial charge in [0.2, 0.25) is 5.95 Å². The van der Waals surface area contributed by atoms with Gasteiger partial charge in [0, 0.05) is 5.56 Å². The summed E-state index contributed by atoms with van der Waals surface area (Å²) in [7, 11) is 0. The molecule has 0 aliphatic rings. The molecule has 1 aromatic rings. The van der Waals surface area contributed by atoms with Crippen LogP contribution < -0.4 is 17.2 Å². The molecule has 5 heteroatoms. The summed E-state index contributed by atoms with van der Waals surface area (Å²) in [6.45, 7) is 4.40. The summed E-state index contributed by atoms with van der Waals surface area (Å²) in [5.41, 5.74) is 18.5. The molecular weight excluding hydrogens is 250 g/mol. The highest BCUT2D eigenvalue weighted by atomic mass is 15.1. The standard InChI is InChI=1S/C15H29N5/c1-3-5-6-7-8-10-11(9-4-2)12-13(16)19-15(18)20-14(12)17/h11H,3-10H2,1-2H3,(H6,16,17,18,19,20). The van der Waals surface area contributed by atoms with Gasteiger partial charge >= 0.3 is 0 Å². The lowest BCUT2D eigenvalue weighted by Gasteiger charge is -2.19. The van der Waals surface area contributed by atoms with E-state index in [4.69, 9.17) is 17.2 Å². The smallest absolute Gasteiger partial charge is 0.223 e. The van der Waals surface area contributed by atoms with Crippen molar-refractivity contribution in [1.29, 1.82) is 0 Å². The largest absolute Gasteiger partial charge is 0.383 e. The Morgan fingerprint density at radius 1 is 0.800 bits per heavy atom. The summed E-state index contributed by atoms with van der Waals surface area (Å²) in [4.78, 5) is 8.12. The number of anilines is 3. The molecule has 0 aliphatic heterocycles. The van der Waals surface area contributed by atoms with Gasteiger partial charge in [-0.2, -0.15) is 9.97 Å². The number of hydrogen-bond acceptors (Lipinski definition) is 5. The first-order valence-electron chi connectivity index (χ1n) is 7.78. The van der Waals surface area contributed by atoms with Gasteiger partial charge in [0.1, 0.15) is 11.6 Å². The monoisotopic (exact) mass is 279 g/mol. The molecule has 1 heterocycles. The SMILES string of the molecule is CCCCCCCC(CCC)c1c(N)nc(N)nc1N. The number of aromatic nitrogens is 2. The molecule has 0 radical (unpaired) electrons. The van der Waals surface area contributed by atoms with Crippen molar-refractivity contribution in [1.82, 2.24) is 9.97 Å². The van der Waals surface area contributed by atoms with Gasteiger partial charge in [-0.15, -0.1) is 0 Å². The third-order valence-corrected chi connectivity index (χ3v) is 3.72. The Bertz CT molecular complexity index is 382. The summed E-state index contributed by atoms with van der Waals surface area (Å²) in [5.74, 6) is 1.40. The average Bonchev–Trinajstić information content (AvgIpc) is 2.37. The van der Waals surface area contributed by atoms with E-state index in [0.717, 1.165) is 24.8 Å². The fourth-order valence-corrected chi connectivity index (χ4v) is 2.72. The molecule has 0 bridgehead atoms. The molecule has 20 heavy (non-hydrogen) atoms. The third-order valence-electron chi connectivity index (χ3n) is 3.72. The van der Waals surface area contributed by atoms with Gasteiger partial charge in [-0.1, -0.05) is 52.4 Å². The Balaban J connectivity index is 2.70. The molecular formula is C15H29N5. The molecule has 5 nitrogen and oxygen atoms in total. The van der Waals surface area contributed by atoms with Gasteiger partial charge in [-0.05, 0) is 18.8 Å². The first kappa shape index (κ1) is 16.5. The first-order chi connectivity index (χ1) is 9.60. The quantitative estimate of drug-likeness (QED) is 0.600. The maximum atomic E-state index is 5.99. The third kappa shape index (κ3) is 4.87. The van der Waals surface area contributed by atoms with E-state index in [1.807, 2.05) is 0 Å². The van der Waals surface area contributed by atoms with E-state index in [9.17, 15) is 0 Å². The van der Waals surface area contributed by atoms with E-state index in [1.54, 1.807) is 0 Å². The number of unbranched alkanes of at least 4 members (excludes halogenated alkanes) is 4. The molecule has 0 aliphatic carbocycles. The molecule has 6 N–H and O–H groups in total. The zero-order chi connectivity index (χ0) is 15.0. The Kier molecular flexibility index (Phi) is 7.12. The predicted octanol–water partition coefficient (Wildman–Crippen LogP) is 3.47. The molecule has 114 valence electrons. The van der Waals surface area contributed by atoms with Crippen molar-refractivity contribution in [3.05, 3.63) is 5.56 Å². The van der Waals surface area contributed by atoms with Crippen LogP contribution in [0.15, 0.2) is 0 Å². The van der Waals surface area contributed by atoms with E-state index in [0.29, 0.717) is 17.6 Å². The van der Waals surface area contributed by atoms with Crippen LogP contribution in [0.5, 0.6) is 0 Å². The van der Waals surface area contributed by atoms with Crippen LogP contribution in [-0.4, -0.2) is 9.97 Å². The van der Waals surface area contributed by atoms with Gasteiger partial charge in [-0.3, -0.25) is 0 Å². The molecule has 0 saturated carbocycles. The molecule has 1 rings (SSSR count). The maximum Gasteiger partial charge on any atom is 0.223 e. The normalized spacial score (nSPS) is 12.5. The highest BCUT2D eigenvalue weighted by Crippen LogP contribution is 2.34. The number of nitrogen functional groups attached to an aromatic ring is 3. The van der Waals surface area contributed by atoms with Crippen LogP contribution in [0.4, 0.5) is 17.6 Å². The van der Waals surface area contributed by atoms with Crippen molar-refractivity contribution >= 4 is 17.6 Å². The molecule has 0 amide bonds. The van der Waals surface area contributed by atoms with Crippen LogP contribution in [0.3, 0.4) is 0 Å². The fraction of sp³-hybridized carbons (Fsp3) is 0.733. The first-order valence-corrected chi connectivity index (χ1v) is 7.78. The fourth-order valence-electron chi connectivity index (χ4n) is 2.72. The van der Waals surface area contributed by atoms with Gasteiger partial charge in [-0.25, -0.2) is 0 Å². The summed E-state index contributed by atoms with van der Waals surface area (Å²) in [6.07, 6.45) is 9.62. The number of nitrogens with two attached hydrogens (primary N) is 3. The second-order valence-electron chi connectivity index (χ2n) is 5.45. The Labute approximate surface area is 122 Å². The highest BCUT2D eigenvalue weighted by molar-refractivity contribution is 5.57. The lowest BCUT2D eigenvalue weighted by atomic mass is 9.89. The Hall–Kier alpha value is -1.52. The summed E-state index contributed by atoms with van der Waals surface area (Å²) in [6, 6.07) is 0. The zero-order valence-corrected chi connectivity index (χ0v) is 12.9. The van der Waals surface area contributed by atoms with Crippen molar-refractivity contribution in [3.8, 4) is 0 Å². The van der Waals surface area contributed by atoms with Gasteiger partial charge in [0.25, 0.3) is 0 Å².